The van der Waals surface area contributed by atoms with Gasteiger partial charge in [-0.1, -0.05) is 18.6 Å². The van der Waals surface area contributed by atoms with Gasteiger partial charge in [-0.05, 0) is 30.5 Å². The Kier molecular flexibility index (Phi) is 4.75. The molecule has 1 saturated carbocycles. The Balaban J connectivity index is 1.98. The van der Waals surface area contributed by atoms with E-state index in [1.165, 1.54) is 31.9 Å². The summed E-state index contributed by atoms with van der Waals surface area (Å²) in [6.45, 7) is 0. The predicted octanol–water partition coefficient (Wildman–Crippen LogP) is 3.37. The third kappa shape index (κ3) is 3.24. The molecule has 0 saturated heterocycles. The zero-order chi connectivity index (χ0) is 13.7. The first-order chi connectivity index (χ1) is 9.20. The van der Waals surface area contributed by atoms with Crippen LogP contribution in [0.3, 0.4) is 0 Å². The average molecular weight is 280 g/mol. The number of esters is 1. The fourth-order valence-corrected chi connectivity index (χ4v) is 3.88. The third-order valence-corrected chi connectivity index (χ3v) is 5.29. The lowest BCUT2D eigenvalue weighted by atomic mass is 9.79. The number of methoxy groups -OCH3 is 2. The highest BCUT2D eigenvalue weighted by Crippen LogP contribution is 2.52. The largest absolute Gasteiger partial charge is 0.497 e. The van der Waals surface area contributed by atoms with Crippen LogP contribution in [0.15, 0.2) is 24.3 Å². The minimum absolute atomic E-state index is 0.128. The van der Waals surface area contributed by atoms with Crippen molar-refractivity contribution in [3.63, 3.8) is 0 Å². The molecule has 0 spiro atoms. The monoisotopic (exact) mass is 280 g/mol. The second-order valence-electron chi connectivity index (χ2n) is 4.75. The minimum Gasteiger partial charge on any atom is -0.497 e. The van der Waals surface area contributed by atoms with Crippen LogP contribution in [0.25, 0.3) is 0 Å². The Morgan fingerprint density at radius 3 is 2.42 bits per heavy atom. The highest BCUT2D eigenvalue weighted by Gasteiger charge is 2.39. The Labute approximate surface area is 118 Å². The maximum Gasteiger partial charge on any atom is 0.306 e. The first-order valence-electron chi connectivity index (χ1n) is 6.55. The molecule has 0 heterocycles. The maximum atomic E-state index is 11.2. The molecule has 19 heavy (non-hydrogen) atoms. The van der Waals surface area contributed by atoms with Crippen molar-refractivity contribution in [2.75, 3.05) is 20.0 Å². The molecule has 4 heteroatoms. The van der Waals surface area contributed by atoms with Crippen LogP contribution in [0.2, 0.25) is 0 Å². The van der Waals surface area contributed by atoms with Crippen LogP contribution in [0.4, 0.5) is 0 Å². The average Bonchev–Trinajstić information content (AvgIpc) is 2.41. The summed E-state index contributed by atoms with van der Waals surface area (Å²) in [6.07, 6.45) is 4.12. The Bertz CT molecular complexity index is 424. The highest BCUT2D eigenvalue weighted by atomic mass is 32.2. The summed E-state index contributed by atoms with van der Waals surface area (Å²) in [4.78, 5) is 11.2. The van der Waals surface area contributed by atoms with E-state index in [0.717, 1.165) is 11.5 Å². The molecule has 1 aromatic rings. The minimum atomic E-state index is -0.128. The van der Waals surface area contributed by atoms with Crippen LogP contribution in [0.1, 0.15) is 31.2 Å². The number of carbonyl (C=O) groups is 1. The molecule has 0 aromatic heterocycles. The second kappa shape index (κ2) is 6.33. The SMILES string of the molecule is COC(=O)CCSC1(c2ccc(OC)cc2)CCC1. The van der Waals surface area contributed by atoms with Gasteiger partial charge in [-0.15, -0.1) is 11.8 Å². The van der Waals surface area contributed by atoms with Crippen molar-refractivity contribution in [2.24, 2.45) is 0 Å². The lowest BCUT2D eigenvalue weighted by Gasteiger charge is -2.42. The fourth-order valence-electron chi connectivity index (χ4n) is 2.34. The third-order valence-electron chi connectivity index (χ3n) is 3.69. The molecular formula is C15H20O3S. The van der Waals surface area contributed by atoms with Crippen LogP contribution < -0.4 is 4.74 Å². The van der Waals surface area contributed by atoms with E-state index in [0.29, 0.717) is 6.42 Å². The van der Waals surface area contributed by atoms with E-state index in [1.54, 1.807) is 7.11 Å². The van der Waals surface area contributed by atoms with Crippen LogP contribution >= 0.6 is 11.8 Å². The lowest BCUT2D eigenvalue weighted by Crippen LogP contribution is -2.31. The number of hydrogen-bond acceptors (Lipinski definition) is 4. The van der Waals surface area contributed by atoms with Gasteiger partial charge in [0.15, 0.2) is 0 Å². The Hall–Kier alpha value is -1.16. The van der Waals surface area contributed by atoms with Crippen LogP contribution in [0.5, 0.6) is 5.75 Å². The van der Waals surface area contributed by atoms with Gasteiger partial charge in [0.25, 0.3) is 0 Å². The van der Waals surface area contributed by atoms with Crippen LogP contribution in [-0.4, -0.2) is 25.9 Å². The van der Waals surface area contributed by atoms with Crippen LogP contribution in [0, 0.1) is 0 Å². The molecule has 2 rings (SSSR count). The van der Waals surface area contributed by atoms with Gasteiger partial charge in [-0.2, -0.15) is 0 Å². The van der Waals surface area contributed by atoms with Gasteiger partial charge in [-0.3, -0.25) is 4.79 Å². The molecule has 0 atom stereocenters. The van der Waals surface area contributed by atoms with Gasteiger partial charge in [0.1, 0.15) is 5.75 Å². The number of ether oxygens (including phenoxy) is 2. The fraction of sp³-hybridized carbons (Fsp3) is 0.533. The quantitative estimate of drug-likeness (QED) is 0.748. The number of rotatable bonds is 6. The maximum absolute atomic E-state index is 11.2. The van der Waals surface area contributed by atoms with Gasteiger partial charge in [-0.25, -0.2) is 0 Å². The Morgan fingerprint density at radius 1 is 1.26 bits per heavy atom. The summed E-state index contributed by atoms with van der Waals surface area (Å²) < 4.78 is 10.1. The number of thioether (sulfide) groups is 1. The summed E-state index contributed by atoms with van der Waals surface area (Å²) in [5.41, 5.74) is 1.34. The summed E-state index contributed by atoms with van der Waals surface area (Å²) in [5.74, 6) is 1.58. The Morgan fingerprint density at radius 2 is 1.95 bits per heavy atom. The van der Waals surface area contributed by atoms with Crippen molar-refractivity contribution in [1.82, 2.24) is 0 Å². The normalized spacial score (nSPS) is 16.5. The molecule has 0 unspecified atom stereocenters. The van der Waals surface area contributed by atoms with E-state index in [4.69, 9.17) is 4.74 Å². The van der Waals surface area contributed by atoms with Crippen molar-refractivity contribution < 1.29 is 14.3 Å². The number of benzene rings is 1. The van der Waals surface area contributed by atoms with Crippen molar-refractivity contribution in [2.45, 2.75) is 30.4 Å². The van der Waals surface area contributed by atoms with Crippen LogP contribution in [-0.2, 0) is 14.3 Å². The van der Waals surface area contributed by atoms with E-state index >= 15 is 0 Å². The van der Waals surface area contributed by atoms with Gasteiger partial charge in [0.05, 0.1) is 20.6 Å². The molecule has 0 bridgehead atoms. The van der Waals surface area contributed by atoms with Crippen molar-refractivity contribution in [3.8, 4) is 5.75 Å². The van der Waals surface area contributed by atoms with Gasteiger partial charge >= 0.3 is 5.97 Å². The summed E-state index contributed by atoms with van der Waals surface area (Å²) in [6, 6.07) is 8.30. The zero-order valence-electron chi connectivity index (χ0n) is 11.5. The van der Waals surface area contributed by atoms with E-state index in [9.17, 15) is 4.79 Å². The predicted molar refractivity (Wildman–Crippen MR) is 77.6 cm³/mol. The molecule has 0 aliphatic heterocycles. The number of carbonyl (C=O) groups excluding carboxylic acids is 1. The van der Waals surface area contributed by atoms with E-state index in [-0.39, 0.29) is 10.7 Å². The first kappa shape index (κ1) is 14.3. The van der Waals surface area contributed by atoms with E-state index in [2.05, 4.69) is 16.9 Å². The van der Waals surface area contributed by atoms with Gasteiger partial charge in [0.2, 0.25) is 0 Å². The highest BCUT2D eigenvalue weighted by molar-refractivity contribution is 8.00. The molecule has 0 amide bonds. The van der Waals surface area contributed by atoms with Crippen molar-refractivity contribution in [1.29, 1.82) is 0 Å². The molecule has 1 aromatic carbocycles. The summed E-state index contributed by atoms with van der Waals surface area (Å²) >= 11 is 1.88. The molecule has 1 aliphatic carbocycles. The summed E-state index contributed by atoms with van der Waals surface area (Å²) in [7, 11) is 3.12. The molecule has 0 radical (unpaired) electrons. The smallest absolute Gasteiger partial charge is 0.306 e. The van der Waals surface area contributed by atoms with Gasteiger partial charge in [0, 0.05) is 10.5 Å². The summed E-state index contributed by atoms with van der Waals surface area (Å²) in [5, 5.41) is 0. The van der Waals surface area contributed by atoms with E-state index in [1.807, 2.05) is 23.9 Å². The van der Waals surface area contributed by atoms with E-state index < -0.39 is 0 Å². The lowest BCUT2D eigenvalue weighted by molar-refractivity contribution is -0.140. The number of hydrogen-bond donors (Lipinski definition) is 0. The molecule has 1 fully saturated rings. The molecule has 0 N–H and O–H groups in total. The first-order valence-corrected chi connectivity index (χ1v) is 7.54. The molecule has 104 valence electrons. The topological polar surface area (TPSA) is 35.5 Å². The second-order valence-corrected chi connectivity index (χ2v) is 6.23. The van der Waals surface area contributed by atoms with Gasteiger partial charge < -0.3 is 9.47 Å². The zero-order valence-corrected chi connectivity index (χ0v) is 12.3. The standard InChI is InChI=1S/C15H20O3S/c1-17-13-6-4-12(5-7-13)15(9-3-10-15)19-11-8-14(16)18-2/h4-7H,3,8-11H2,1-2H3. The molecule has 3 nitrogen and oxygen atoms in total. The molecular weight excluding hydrogens is 260 g/mol. The molecule has 1 aliphatic rings. The van der Waals surface area contributed by atoms with Crippen molar-refractivity contribution in [3.05, 3.63) is 29.8 Å². The van der Waals surface area contributed by atoms with Crippen molar-refractivity contribution >= 4 is 17.7 Å².